The maximum atomic E-state index is 12.4. The van der Waals surface area contributed by atoms with Crippen LogP contribution in [0.25, 0.3) is 17.5 Å². The number of thiophene rings is 1. The Morgan fingerprint density at radius 1 is 1.35 bits per heavy atom. The lowest BCUT2D eigenvalue weighted by Crippen LogP contribution is -2.26. The molecule has 0 saturated carbocycles. The number of carbonyl (C=O) groups excluding carboxylic acids is 1. The monoisotopic (exact) mass is 385 g/mol. The third-order valence-corrected chi connectivity index (χ3v) is 5.41. The second-order valence-electron chi connectivity index (χ2n) is 6.09. The van der Waals surface area contributed by atoms with Gasteiger partial charge in [-0.2, -0.15) is 16.3 Å². The molecule has 1 unspecified atom stereocenters. The Morgan fingerprint density at radius 2 is 2.23 bits per heavy atom. The van der Waals surface area contributed by atoms with Gasteiger partial charge in [-0.25, -0.2) is 0 Å². The molecule has 26 heavy (non-hydrogen) atoms. The Balaban J connectivity index is 1.40. The van der Waals surface area contributed by atoms with Crippen molar-refractivity contribution in [3.63, 3.8) is 0 Å². The van der Waals surface area contributed by atoms with Crippen LogP contribution in [0, 0.1) is 0 Å². The van der Waals surface area contributed by atoms with Gasteiger partial charge in [0.15, 0.2) is 5.82 Å². The number of benzene rings is 1. The van der Waals surface area contributed by atoms with E-state index < -0.39 is 0 Å². The van der Waals surface area contributed by atoms with Crippen LogP contribution >= 0.6 is 22.9 Å². The average molecular weight is 386 g/mol. The van der Waals surface area contributed by atoms with E-state index in [1.165, 1.54) is 0 Å². The molecule has 1 aliphatic rings. The fraction of sp³-hybridized carbons (Fsp3) is 0.211. The van der Waals surface area contributed by atoms with Crippen molar-refractivity contribution in [2.24, 2.45) is 0 Å². The van der Waals surface area contributed by atoms with E-state index >= 15 is 0 Å². The smallest absolute Gasteiger partial charge is 0.258 e. The average Bonchev–Trinajstić information content (AvgIpc) is 3.41. The summed E-state index contributed by atoms with van der Waals surface area (Å²) in [7, 11) is 0. The summed E-state index contributed by atoms with van der Waals surface area (Å²) in [4.78, 5) is 18.7. The predicted octanol–water partition coefficient (Wildman–Crippen LogP) is 4.48. The van der Waals surface area contributed by atoms with Crippen LogP contribution in [-0.4, -0.2) is 34.0 Å². The SMILES string of the molecule is O=C(C=Cc1ccccc1Cl)N1CCC(c2noc(-c3ccsc3)n2)C1. The molecule has 132 valence electrons. The third kappa shape index (κ3) is 3.57. The van der Waals surface area contributed by atoms with Gasteiger partial charge in [-0.1, -0.05) is 35.0 Å². The predicted molar refractivity (Wildman–Crippen MR) is 102 cm³/mol. The van der Waals surface area contributed by atoms with Crippen LogP contribution in [0.3, 0.4) is 0 Å². The molecule has 2 aromatic heterocycles. The van der Waals surface area contributed by atoms with Crippen LogP contribution in [0.4, 0.5) is 0 Å². The minimum atomic E-state index is -0.0334. The quantitative estimate of drug-likeness (QED) is 0.621. The largest absolute Gasteiger partial charge is 0.338 e. The summed E-state index contributed by atoms with van der Waals surface area (Å²) >= 11 is 7.70. The second-order valence-corrected chi connectivity index (χ2v) is 7.28. The Morgan fingerprint density at radius 3 is 3.04 bits per heavy atom. The first-order valence-electron chi connectivity index (χ1n) is 8.28. The van der Waals surface area contributed by atoms with E-state index in [4.69, 9.17) is 16.1 Å². The molecule has 0 bridgehead atoms. The molecule has 1 fully saturated rings. The number of aromatic nitrogens is 2. The molecule has 1 atom stereocenters. The molecule has 1 aliphatic heterocycles. The molecular weight excluding hydrogens is 370 g/mol. The van der Waals surface area contributed by atoms with E-state index in [1.54, 1.807) is 34.5 Å². The third-order valence-electron chi connectivity index (χ3n) is 4.39. The van der Waals surface area contributed by atoms with E-state index in [9.17, 15) is 4.79 Å². The van der Waals surface area contributed by atoms with E-state index in [2.05, 4.69) is 10.1 Å². The molecule has 5 nitrogen and oxygen atoms in total. The number of nitrogens with zero attached hydrogens (tertiary/aromatic N) is 3. The molecule has 1 saturated heterocycles. The maximum Gasteiger partial charge on any atom is 0.258 e. The summed E-state index contributed by atoms with van der Waals surface area (Å²) in [5.74, 6) is 1.26. The zero-order valence-electron chi connectivity index (χ0n) is 13.8. The second kappa shape index (κ2) is 7.43. The molecule has 0 spiro atoms. The molecule has 3 aromatic rings. The van der Waals surface area contributed by atoms with Gasteiger partial charge in [-0.3, -0.25) is 4.79 Å². The fourth-order valence-electron chi connectivity index (χ4n) is 2.95. The zero-order chi connectivity index (χ0) is 17.9. The van der Waals surface area contributed by atoms with E-state index in [0.29, 0.717) is 29.8 Å². The van der Waals surface area contributed by atoms with Crippen molar-refractivity contribution >= 4 is 34.9 Å². The number of halogens is 1. The minimum absolute atomic E-state index is 0.0334. The van der Waals surface area contributed by atoms with Crippen LogP contribution in [-0.2, 0) is 4.79 Å². The van der Waals surface area contributed by atoms with Crippen molar-refractivity contribution in [3.8, 4) is 11.5 Å². The van der Waals surface area contributed by atoms with E-state index in [0.717, 1.165) is 17.5 Å². The summed E-state index contributed by atoms with van der Waals surface area (Å²) in [6.07, 6.45) is 4.14. The lowest BCUT2D eigenvalue weighted by molar-refractivity contribution is -0.124. The molecular formula is C19H16ClN3O2S. The normalized spacial score (nSPS) is 17.3. The van der Waals surface area contributed by atoms with E-state index in [1.807, 2.05) is 35.0 Å². The van der Waals surface area contributed by atoms with Crippen molar-refractivity contribution < 1.29 is 9.32 Å². The molecule has 0 aliphatic carbocycles. The number of hydrogen-bond acceptors (Lipinski definition) is 5. The first-order chi connectivity index (χ1) is 12.7. The highest BCUT2D eigenvalue weighted by atomic mass is 35.5. The van der Waals surface area contributed by atoms with Crippen LogP contribution < -0.4 is 0 Å². The number of likely N-dealkylation sites (tertiary alicyclic amines) is 1. The molecule has 7 heteroatoms. The van der Waals surface area contributed by atoms with Gasteiger partial charge >= 0.3 is 0 Å². The summed E-state index contributed by atoms with van der Waals surface area (Å²) in [5.41, 5.74) is 1.76. The van der Waals surface area contributed by atoms with Gasteiger partial charge in [0.2, 0.25) is 5.91 Å². The topological polar surface area (TPSA) is 59.2 Å². The Labute approximate surface area is 159 Å². The number of rotatable bonds is 4. The van der Waals surface area contributed by atoms with Crippen LogP contribution in [0.2, 0.25) is 5.02 Å². The standard InChI is InChI=1S/C19H16ClN3O2S/c20-16-4-2-1-3-13(16)5-6-17(24)23-9-7-14(11-23)18-21-19(25-22-18)15-8-10-26-12-15/h1-6,8,10,12,14H,7,9,11H2. The van der Waals surface area contributed by atoms with E-state index in [-0.39, 0.29) is 11.8 Å². The highest BCUT2D eigenvalue weighted by Gasteiger charge is 2.29. The highest BCUT2D eigenvalue weighted by molar-refractivity contribution is 7.08. The Bertz CT molecular complexity index is 936. The molecule has 1 aromatic carbocycles. The lowest BCUT2D eigenvalue weighted by atomic mass is 10.1. The molecule has 0 N–H and O–H groups in total. The minimum Gasteiger partial charge on any atom is -0.338 e. The van der Waals surface area contributed by atoms with Gasteiger partial charge in [0.25, 0.3) is 5.89 Å². The van der Waals surface area contributed by atoms with Gasteiger partial charge in [0.05, 0.1) is 5.56 Å². The highest BCUT2D eigenvalue weighted by Crippen LogP contribution is 2.28. The van der Waals surface area contributed by atoms with Gasteiger partial charge < -0.3 is 9.42 Å². The summed E-state index contributed by atoms with van der Waals surface area (Å²) < 4.78 is 5.35. The first kappa shape index (κ1) is 17.0. The van der Waals surface area contributed by atoms with Crippen molar-refractivity contribution in [1.82, 2.24) is 15.0 Å². The number of hydrogen-bond donors (Lipinski definition) is 0. The van der Waals surface area contributed by atoms with Gasteiger partial charge in [-0.05, 0) is 35.6 Å². The summed E-state index contributed by atoms with van der Waals surface area (Å²) in [5, 5.41) is 8.67. The van der Waals surface area contributed by atoms with Crippen molar-refractivity contribution in [1.29, 1.82) is 0 Å². The van der Waals surface area contributed by atoms with Gasteiger partial charge in [0.1, 0.15) is 0 Å². The number of carbonyl (C=O) groups is 1. The molecule has 1 amide bonds. The van der Waals surface area contributed by atoms with Crippen LogP contribution in [0.5, 0.6) is 0 Å². The molecule has 3 heterocycles. The molecule has 0 radical (unpaired) electrons. The fourth-order valence-corrected chi connectivity index (χ4v) is 3.78. The summed E-state index contributed by atoms with van der Waals surface area (Å²) in [6, 6.07) is 9.39. The summed E-state index contributed by atoms with van der Waals surface area (Å²) in [6.45, 7) is 1.27. The van der Waals surface area contributed by atoms with Gasteiger partial charge in [-0.15, -0.1) is 0 Å². The van der Waals surface area contributed by atoms with Crippen molar-refractivity contribution in [2.45, 2.75) is 12.3 Å². The zero-order valence-corrected chi connectivity index (χ0v) is 15.4. The first-order valence-corrected chi connectivity index (χ1v) is 9.60. The number of amides is 1. The Kier molecular flexibility index (Phi) is 4.86. The van der Waals surface area contributed by atoms with Crippen LogP contribution in [0.1, 0.15) is 23.7 Å². The van der Waals surface area contributed by atoms with Crippen molar-refractivity contribution in [2.75, 3.05) is 13.1 Å². The molecule has 4 rings (SSSR count). The van der Waals surface area contributed by atoms with Crippen molar-refractivity contribution in [3.05, 3.63) is 63.6 Å². The Hall–Kier alpha value is -2.44. The van der Waals surface area contributed by atoms with Gasteiger partial charge in [0, 0.05) is 35.5 Å². The van der Waals surface area contributed by atoms with Crippen LogP contribution in [0.15, 0.2) is 51.7 Å². The lowest BCUT2D eigenvalue weighted by Gasteiger charge is -2.13. The maximum absolute atomic E-state index is 12.4.